The molecule has 2 fully saturated rings. The van der Waals surface area contributed by atoms with Gasteiger partial charge in [0, 0.05) is 0 Å². The molecule has 0 aromatic rings. The summed E-state index contributed by atoms with van der Waals surface area (Å²) in [5.74, 6) is 0.676. The molecule has 0 spiro atoms. The van der Waals surface area contributed by atoms with Crippen LogP contribution in [0.25, 0.3) is 0 Å². The molecular formula is C7H10BO2. The summed E-state index contributed by atoms with van der Waals surface area (Å²) in [7, 11) is 1.71. The van der Waals surface area contributed by atoms with Gasteiger partial charge in [0.15, 0.2) is 0 Å². The third-order valence-corrected chi connectivity index (χ3v) is 2.70. The second-order valence-corrected chi connectivity index (χ2v) is 3.27. The molecule has 1 aliphatic carbocycles. The zero-order valence-electron chi connectivity index (χ0n) is 5.79. The topological polar surface area (TPSA) is 37.3 Å². The van der Waals surface area contributed by atoms with Crippen molar-refractivity contribution in [1.82, 2.24) is 0 Å². The van der Waals surface area contributed by atoms with E-state index in [2.05, 4.69) is 0 Å². The highest BCUT2D eigenvalue weighted by Crippen LogP contribution is 2.42. The fourth-order valence-electron chi connectivity index (χ4n) is 2.14. The van der Waals surface area contributed by atoms with Crippen LogP contribution in [0, 0.1) is 5.92 Å². The number of carbonyl (C=O) groups is 1. The quantitative estimate of drug-likeness (QED) is 0.483. The molecule has 0 aromatic heterocycles. The number of fused-ring (bicyclic) bond motifs is 1. The van der Waals surface area contributed by atoms with Gasteiger partial charge in [-0.05, 0) is 12.3 Å². The third-order valence-electron chi connectivity index (χ3n) is 2.70. The van der Waals surface area contributed by atoms with Crippen molar-refractivity contribution in [3.63, 3.8) is 0 Å². The van der Waals surface area contributed by atoms with Crippen molar-refractivity contribution in [2.45, 2.75) is 31.2 Å². The first-order chi connectivity index (χ1) is 4.79. The Balaban J connectivity index is 2.16. The lowest BCUT2D eigenvalue weighted by Gasteiger charge is -2.10. The van der Waals surface area contributed by atoms with E-state index in [0.29, 0.717) is 5.82 Å². The predicted molar refractivity (Wildman–Crippen MR) is 37.9 cm³/mol. The Morgan fingerprint density at radius 2 is 2.30 bits per heavy atom. The number of aliphatic hydroxyl groups is 1. The van der Waals surface area contributed by atoms with Gasteiger partial charge in [-0.2, -0.15) is 0 Å². The van der Waals surface area contributed by atoms with Gasteiger partial charge in [0.1, 0.15) is 11.8 Å². The van der Waals surface area contributed by atoms with Gasteiger partial charge in [0.25, 0.3) is 0 Å². The van der Waals surface area contributed by atoms with Crippen LogP contribution in [0.2, 0.25) is 5.82 Å². The first-order valence-corrected chi connectivity index (χ1v) is 3.86. The van der Waals surface area contributed by atoms with Crippen molar-refractivity contribution in [2.24, 2.45) is 5.92 Å². The Bertz CT molecular complexity index is 169. The normalized spacial score (nSPS) is 45.3. The van der Waals surface area contributed by atoms with Crippen LogP contribution in [0.4, 0.5) is 0 Å². The van der Waals surface area contributed by atoms with Crippen molar-refractivity contribution >= 4 is 13.0 Å². The van der Waals surface area contributed by atoms with E-state index < -0.39 is 6.10 Å². The minimum Gasteiger partial charge on any atom is -0.386 e. The second kappa shape index (κ2) is 2.09. The number of aliphatic hydroxyl groups excluding tert-OH is 1. The fourth-order valence-corrected chi connectivity index (χ4v) is 2.14. The first-order valence-electron chi connectivity index (χ1n) is 3.86. The second-order valence-electron chi connectivity index (χ2n) is 3.27. The summed E-state index contributed by atoms with van der Waals surface area (Å²) in [6.07, 6.45) is 2.66. The van der Waals surface area contributed by atoms with Crippen molar-refractivity contribution in [1.29, 1.82) is 0 Å². The summed E-state index contributed by atoms with van der Waals surface area (Å²) in [6.45, 7) is 0. The van der Waals surface area contributed by atoms with Crippen LogP contribution < -0.4 is 0 Å². The van der Waals surface area contributed by atoms with E-state index in [1.165, 1.54) is 6.42 Å². The predicted octanol–water partition coefficient (Wildman–Crippen LogP) is 0.180. The van der Waals surface area contributed by atoms with E-state index >= 15 is 0 Å². The van der Waals surface area contributed by atoms with Crippen molar-refractivity contribution < 1.29 is 9.90 Å². The molecule has 0 amide bonds. The van der Waals surface area contributed by atoms with Crippen molar-refractivity contribution in [3.8, 4) is 0 Å². The zero-order valence-corrected chi connectivity index (χ0v) is 5.79. The lowest BCUT2D eigenvalue weighted by Crippen LogP contribution is -2.21. The largest absolute Gasteiger partial charge is 0.386 e. The molecule has 2 nitrogen and oxygen atoms in total. The van der Waals surface area contributed by atoms with E-state index in [9.17, 15) is 9.90 Å². The minimum absolute atomic E-state index is 0.0466. The Hall–Kier alpha value is -0.305. The smallest absolute Gasteiger partial charge is 0.209 e. The summed E-state index contributed by atoms with van der Waals surface area (Å²) in [6, 6.07) is 0. The molecule has 3 heteroatoms. The van der Waals surface area contributed by atoms with Crippen LogP contribution in [-0.2, 0) is 4.79 Å². The van der Waals surface area contributed by atoms with Crippen LogP contribution in [0.1, 0.15) is 19.3 Å². The standard InChI is InChI=1S/C7H10BO2/c9-6-4-2-1-3-5(4)8-7(6)10/h4-6,9H,1-3H2/t4?,5-,6?/m1/s1. The average molecular weight is 137 g/mol. The Kier molecular flexibility index (Phi) is 1.34. The molecule has 0 aromatic carbocycles. The maximum atomic E-state index is 10.9. The van der Waals surface area contributed by atoms with E-state index in [0.717, 1.165) is 12.8 Å². The molecule has 2 unspecified atom stereocenters. The van der Waals surface area contributed by atoms with Gasteiger partial charge in [0.2, 0.25) is 7.28 Å². The van der Waals surface area contributed by atoms with Gasteiger partial charge in [-0.3, -0.25) is 0 Å². The molecule has 1 N–H and O–H groups in total. The maximum Gasteiger partial charge on any atom is 0.209 e. The van der Waals surface area contributed by atoms with Gasteiger partial charge >= 0.3 is 0 Å². The monoisotopic (exact) mass is 137 g/mol. The molecule has 1 heterocycles. The average Bonchev–Trinajstić information content (AvgIpc) is 2.41. The summed E-state index contributed by atoms with van der Waals surface area (Å²) in [5, 5.41) is 9.29. The molecular weight excluding hydrogens is 127 g/mol. The van der Waals surface area contributed by atoms with Gasteiger partial charge in [0.05, 0.1) is 0 Å². The molecule has 10 heavy (non-hydrogen) atoms. The summed E-state index contributed by atoms with van der Waals surface area (Å²) in [5.41, 5.74) is -0.0466. The highest BCUT2D eigenvalue weighted by atomic mass is 16.3. The molecule has 1 radical (unpaired) electrons. The Morgan fingerprint density at radius 1 is 1.50 bits per heavy atom. The lowest BCUT2D eigenvalue weighted by atomic mass is 9.65. The highest BCUT2D eigenvalue weighted by molar-refractivity contribution is 6.77. The van der Waals surface area contributed by atoms with E-state index in [-0.39, 0.29) is 11.6 Å². The van der Waals surface area contributed by atoms with Gasteiger partial charge in [-0.25, -0.2) is 0 Å². The van der Waals surface area contributed by atoms with Gasteiger partial charge in [-0.15, -0.1) is 0 Å². The molecule has 1 saturated heterocycles. The zero-order chi connectivity index (χ0) is 7.14. The SMILES string of the molecule is O=C1[B][C@@H]2CCCC2C1O. The van der Waals surface area contributed by atoms with E-state index in [1.54, 1.807) is 7.28 Å². The van der Waals surface area contributed by atoms with Crippen LogP contribution in [-0.4, -0.2) is 24.2 Å². The molecule has 2 aliphatic rings. The van der Waals surface area contributed by atoms with Crippen molar-refractivity contribution in [2.75, 3.05) is 0 Å². The molecule has 1 saturated carbocycles. The maximum absolute atomic E-state index is 10.9. The molecule has 1 aliphatic heterocycles. The number of carbonyl (C=O) groups excluding carboxylic acids is 1. The van der Waals surface area contributed by atoms with Crippen LogP contribution in [0.15, 0.2) is 0 Å². The highest BCUT2D eigenvalue weighted by Gasteiger charge is 2.44. The molecule has 3 atom stereocenters. The van der Waals surface area contributed by atoms with E-state index in [1.807, 2.05) is 0 Å². The lowest BCUT2D eigenvalue weighted by molar-refractivity contribution is -0.120. The van der Waals surface area contributed by atoms with Gasteiger partial charge in [-0.1, -0.05) is 18.7 Å². The van der Waals surface area contributed by atoms with Crippen LogP contribution in [0.5, 0.6) is 0 Å². The number of hydrogen-bond donors (Lipinski definition) is 1. The van der Waals surface area contributed by atoms with Crippen LogP contribution in [0.3, 0.4) is 0 Å². The molecule has 2 rings (SSSR count). The molecule has 53 valence electrons. The van der Waals surface area contributed by atoms with Crippen molar-refractivity contribution in [3.05, 3.63) is 0 Å². The number of rotatable bonds is 0. The summed E-state index contributed by atoms with van der Waals surface area (Å²) < 4.78 is 0. The van der Waals surface area contributed by atoms with Gasteiger partial charge < -0.3 is 9.90 Å². The number of hydrogen-bond acceptors (Lipinski definition) is 2. The summed E-state index contributed by atoms with van der Waals surface area (Å²) >= 11 is 0. The Morgan fingerprint density at radius 3 is 3.00 bits per heavy atom. The molecule has 0 bridgehead atoms. The summed E-state index contributed by atoms with van der Waals surface area (Å²) in [4.78, 5) is 10.9. The third kappa shape index (κ3) is 0.733. The Labute approximate surface area is 60.9 Å². The van der Waals surface area contributed by atoms with Crippen LogP contribution >= 0.6 is 0 Å². The van der Waals surface area contributed by atoms with E-state index in [4.69, 9.17) is 0 Å². The first kappa shape index (κ1) is 6.41. The fraction of sp³-hybridized carbons (Fsp3) is 0.857. The minimum atomic E-state index is -0.660.